The maximum Gasteiger partial charge on any atom is 0.343 e. The number of rotatable bonds is 5. The molecular weight excluding hydrogens is 450 g/mol. The van der Waals surface area contributed by atoms with Crippen molar-refractivity contribution in [3.05, 3.63) is 77.4 Å². The van der Waals surface area contributed by atoms with Gasteiger partial charge in [-0.2, -0.15) is 0 Å². The summed E-state index contributed by atoms with van der Waals surface area (Å²) in [4.78, 5) is 31.0. The molecule has 1 fully saturated rings. The fraction of sp³-hybridized carbons (Fsp3) is 0.231. The third-order valence-electron chi connectivity index (χ3n) is 5.85. The number of hydrogen-bond acceptors (Lipinski definition) is 7. The van der Waals surface area contributed by atoms with Crippen molar-refractivity contribution in [2.45, 2.75) is 6.92 Å². The van der Waals surface area contributed by atoms with Gasteiger partial charge in [0, 0.05) is 48.3 Å². The lowest BCUT2D eigenvalue weighted by Gasteiger charge is -2.36. The molecule has 0 saturated carbocycles. The molecule has 0 N–H and O–H groups in total. The zero-order chi connectivity index (χ0) is 23.5. The van der Waals surface area contributed by atoms with Gasteiger partial charge in [0.05, 0.1) is 12.1 Å². The highest BCUT2D eigenvalue weighted by Crippen LogP contribution is 2.26. The maximum atomic E-state index is 12.6. The molecule has 7 nitrogen and oxygen atoms in total. The fourth-order valence-corrected chi connectivity index (χ4v) is 4.21. The van der Waals surface area contributed by atoms with Crippen LogP contribution < -0.4 is 9.80 Å². The van der Waals surface area contributed by atoms with Crippen molar-refractivity contribution in [3.63, 3.8) is 0 Å². The van der Waals surface area contributed by atoms with E-state index in [1.54, 1.807) is 25.3 Å². The van der Waals surface area contributed by atoms with Gasteiger partial charge in [-0.05, 0) is 49.4 Å². The minimum absolute atomic E-state index is 0.290. The van der Waals surface area contributed by atoms with Gasteiger partial charge in [0.2, 0.25) is 0 Å². The van der Waals surface area contributed by atoms with E-state index in [0.717, 1.165) is 35.4 Å². The van der Waals surface area contributed by atoms with Crippen molar-refractivity contribution in [1.29, 1.82) is 0 Å². The number of carbonyl (C=O) groups excluding carboxylic acids is 1. The van der Waals surface area contributed by atoms with E-state index in [1.807, 2.05) is 30.3 Å². The molecular formula is C26H24ClN5O2. The van der Waals surface area contributed by atoms with Crippen LogP contribution in [0.25, 0.3) is 22.3 Å². The molecule has 8 heteroatoms. The lowest BCUT2D eigenvalue weighted by Crippen LogP contribution is -2.47. The summed E-state index contributed by atoms with van der Waals surface area (Å²) in [6.07, 6.45) is 1.56. The predicted molar refractivity (Wildman–Crippen MR) is 135 cm³/mol. The largest absolute Gasteiger partial charge is 0.462 e. The Morgan fingerprint density at radius 1 is 0.941 bits per heavy atom. The van der Waals surface area contributed by atoms with E-state index in [0.29, 0.717) is 41.9 Å². The van der Waals surface area contributed by atoms with Crippen LogP contribution in [0.2, 0.25) is 5.02 Å². The molecule has 2 aromatic heterocycles. The minimum Gasteiger partial charge on any atom is -0.462 e. The summed E-state index contributed by atoms with van der Waals surface area (Å²) in [6.45, 7) is 4.98. The van der Waals surface area contributed by atoms with E-state index < -0.39 is 5.97 Å². The van der Waals surface area contributed by atoms with E-state index >= 15 is 0 Å². The Morgan fingerprint density at radius 3 is 2.44 bits per heavy atom. The Bertz CT molecular complexity index is 1320. The van der Waals surface area contributed by atoms with Crippen LogP contribution in [-0.2, 0) is 4.74 Å². The van der Waals surface area contributed by atoms with Gasteiger partial charge in [-0.1, -0.05) is 29.8 Å². The number of nitrogens with zero attached hydrogens (tertiary/aromatic N) is 5. The zero-order valence-electron chi connectivity index (χ0n) is 18.8. The Kier molecular flexibility index (Phi) is 6.27. The summed E-state index contributed by atoms with van der Waals surface area (Å²) in [6, 6.07) is 19.6. The Morgan fingerprint density at radius 2 is 1.68 bits per heavy atom. The highest BCUT2D eigenvalue weighted by Gasteiger charge is 2.25. The molecule has 1 aliphatic rings. The van der Waals surface area contributed by atoms with E-state index in [9.17, 15) is 4.79 Å². The summed E-state index contributed by atoms with van der Waals surface area (Å²) in [5.41, 5.74) is 2.19. The third kappa shape index (κ3) is 4.52. The molecule has 0 spiro atoms. The number of benzene rings is 2. The molecule has 0 atom stereocenters. The SMILES string of the molecule is CCOC(=O)c1cnc(-c2ccc(Cl)cc2)nc1N1CCN(c2ccc3ccccc3n2)CC1. The molecule has 1 saturated heterocycles. The van der Waals surface area contributed by atoms with Crippen molar-refractivity contribution in [1.82, 2.24) is 15.0 Å². The quantitative estimate of drug-likeness (QED) is 0.384. The van der Waals surface area contributed by atoms with E-state index in [4.69, 9.17) is 26.3 Å². The van der Waals surface area contributed by atoms with Crippen molar-refractivity contribution in [3.8, 4) is 11.4 Å². The lowest BCUT2D eigenvalue weighted by molar-refractivity contribution is 0.0526. The first-order valence-electron chi connectivity index (χ1n) is 11.3. The van der Waals surface area contributed by atoms with Crippen LogP contribution in [0.15, 0.2) is 66.9 Å². The molecule has 0 amide bonds. The van der Waals surface area contributed by atoms with Gasteiger partial charge in [0.25, 0.3) is 0 Å². The van der Waals surface area contributed by atoms with Gasteiger partial charge < -0.3 is 14.5 Å². The summed E-state index contributed by atoms with van der Waals surface area (Å²) < 4.78 is 5.27. The summed E-state index contributed by atoms with van der Waals surface area (Å²) in [5.74, 6) is 1.66. The Labute approximate surface area is 203 Å². The van der Waals surface area contributed by atoms with Crippen LogP contribution in [-0.4, -0.2) is 53.7 Å². The van der Waals surface area contributed by atoms with Gasteiger partial charge in [-0.25, -0.2) is 19.7 Å². The molecule has 2 aromatic carbocycles. The van der Waals surface area contributed by atoms with Crippen LogP contribution in [0.5, 0.6) is 0 Å². The number of piperazine rings is 1. The average molecular weight is 474 g/mol. The second-order valence-electron chi connectivity index (χ2n) is 7.99. The van der Waals surface area contributed by atoms with Crippen LogP contribution >= 0.6 is 11.6 Å². The van der Waals surface area contributed by atoms with Crippen LogP contribution in [0.4, 0.5) is 11.6 Å². The third-order valence-corrected chi connectivity index (χ3v) is 6.11. The topological polar surface area (TPSA) is 71.5 Å². The van der Waals surface area contributed by atoms with Gasteiger partial charge >= 0.3 is 5.97 Å². The maximum absolute atomic E-state index is 12.6. The molecule has 4 aromatic rings. The van der Waals surface area contributed by atoms with Gasteiger partial charge in [-0.15, -0.1) is 0 Å². The van der Waals surface area contributed by atoms with Crippen LogP contribution in [0.1, 0.15) is 17.3 Å². The van der Waals surface area contributed by atoms with Crippen LogP contribution in [0, 0.1) is 0 Å². The Balaban J connectivity index is 1.41. The highest BCUT2D eigenvalue weighted by atomic mass is 35.5. The molecule has 3 heterocycles. The molecule has 1 aliphatic heterocycles. The standard InChI is InChI=1S/C26H24ClN5O2/c1-2-34-26(33)21-17-28-24(19-7-10-20(27)11-8-19)30-25(21)32-15-13-31(14-16-32)23-12-9-18-5-3-4-6-22(18)29-23/h3-12,17H,2,13-16H2,1H3. The number of halogens is 1. The normalized spacial score (nSPS) is 13.8. The van der Waals surface area contributed by atoms with Gasteiger partial charge in [0.15, 0.2) is 5.82 Å². The number of para-hydroxylation sites is 1. The van der Waals surface area contributed by atoms with Gasteiger partial charge in [-0.3, -0.25) is 0 Å². The summed E-state index contributed by atoms with van der Waals surface area (Å²) >= 11 is 6.03. The second-order valence-corrected chi connectivity index (χ2v) is 8.43. The smallest absolute Gasteiger partial charge is 0.343 e. The molecule has 0 bridgehead atoms. The van der Waals surface area contributed by atoms with E-state index in [-0.39, 0.29) is 0 Å². The molecule has 34 heavy (non-hydrogen) atoms. The monoisotopic (exact) mass is 473 g/mol. The van der Waals surface area contributed by atoms with Crippen molar-refractivity contribution >= 4 is 40.1 Å². The fourth-order valence-electron chi connectivity index (χ4n) is 4.08. The number of fused-ring (bicyclic) bond motifs is 1. The number of anilines is 2. The zero-order valence-corrected chi connectivity index (χ0v) is 19.6. The molecule has 5 rings (SSSR count). The lowest BCUT2D eigenvalue weighted by atomic mass is 10.2. The average Bonchev–Trinajstić information content (AvgIpc) is 2.89. The first-order valence-corrected chi connectivity index (χ1v) is 11.7. The second kappa shape index (κ2) is 9.65. The summed E-state index contributed by atoms with van der Waals surface area (Å²) in [5, 5.41) is 1.77. The minimum atomic E-state index is -0.418. The highest BCUT2D eigenvalue weighted by molar-refractivity contribution is 6.30. The molecule has 0 unspecified atom stereocenters. The van der Waals surface area contributed by atoms with Crippen molar-refractivity contribution < 1.29 is 9.53 Å². The molecule has 0 aliphatic carbocycles. The van der Waals surface area contributed by atoms with E-state index in [2.05, 4.69) is 33.0 Å². The number of aromatic nitrogens is 3. The molecule has 172 valence electrons. The van der Waals surface area contributed by atoms with E-state index in [1.165, 1.54) is 0 Å². The number of pyridine rings is 1. The summed E-state index contributed by atoms with van der Waals surface area (Å²) in [7, 11) is 0. The van der Waals surface area contributed by atoms with Crippen molar-refractivity contribution in [2.75, 3.05) is 42.6 Å². The Hall–Kier alpha value is -3.71. The number of ether oxygens (including phenoxy) is 1. The van der Waals surface area contributed by atoms with Crippen molar-refractivity contribution in [2.24, 2.45) is 0 Å². The van der Waals surface area contributed by atoms with Gasteiger partial charge in [0.1, 0.15) is 17.2 Å². The number of esters is 1. The molecule has 0 radical (unpaired) electrons. The van der Waals surface area contributed by atoms with Crippen LogP contribution in [0.3, 0.4) is 0 Å². The first kappa shape index (κ1) is 22.1. The number of carbonyl (C=O) groups is 1. The first-order chi connectivity index (χ1) is 16.6. The predicted octanol–water partition coefficient (Wildman–Crippen LogP) is 4.85. The number of hydrogen-bond donors (Lipinski definition) is 0.